The Kier molecular flexibility index (Phi) is 5.71. The highest BCUT2D eigenvalue weighted by Crippen LogP contribution is 2.38. The van der Waals surface area contributed by atoms with Crippen LogP contribution < -0.4 is 5.46 Å². The van der Waals surface area contributed by atoms with Crippen LogP contribution in [0.3, 0.4) is 0 Å². The second kappa shape index (κ2) is 7.85. The Morgan fingerprint density at radius 3 is 2.47 bits per heavy atom. The summed E-state index contributed by atoms with van der Waals surface area (Å²) >= 11 is 1.65. The molecule has 2 aliphatic heterocycles. The molecule has 1 fully saturated rings. The van der Waals surface area contributed by atoms with Crippen molar-refractivity contribution in [2.75, 3.05) is 6.54 Å². The molecule has 0 bridgehead atoms. The van der Waals surface area contributed by atoms with Crippen LogP contribution in [0.2, 0.25) is 0 Å². The highest BCUT2D eigenvalue weighted by molar-refractivity contribution is 7.15. The van der Waals surface area contributed by atoms with Crippen molar-refractivity contribution < 1.29 is 18.8 Å². The molecule has 0 N–H and O–H groups in total. The third-order valence-corrected chi connectivity index (χ3v) is 7.61. The van der Waals surface area contributed by atoms with Crippen molar-refractivity contribution >= 4 is 30.0 Å². The molecule has 4 rings (SSSR count). The molecule has 8 heteroatoms. The van der Waals surface area contributed by atoms with Crippen LogP contribution in [0.1, 0.15) is 64.6 Å². The molecule has 0 aliphatic carbocycles. The van der Waals surface area contributed by atoms with Crippen LogP contribution in [0.4, 0.5) is 4.79 Å². The second-order valence-corrected chi connectivity index (χ2v) is 11.7. The number of benzene rings is 1. The van der Waals surface area contributed by atoms with E-state index >= 15 is 0 Å². The maximum absolute atomic E-state index is 12.5. The summed E-state index contributed by atoms with van der Waals surface area (Å²) in [6.45, 7) is 17.2. The Balaban J connectivity index is 1.58. The number of hydrogen-bond acceptors (Lipinski definition) is 6. The molecule has 1 aromatic heterocycles. The van der Waals surface area contributed by atoms with Crippen LogP contribution in [0.5, 0.6) is 0 Å². The molecule has 1 saturated heterocycles. The molecule has 0 unspecified atom stereocenters. The first-order valence-corrected chi connectivity index (χ1v) is 12.0. The van der Waals surface area contributed by atoms with E-state index in [1.165, 1.54) is 0 Å². The molecule has 3 heterocycles. The average molecular weight is 456 g/mol. The SMILES string of the molecule is Cc1c(B2OC(C)(C)C(C)(C)O2)cccc1-c1nc2c(s1)CN(C(=O)OC(C)(C)C)CC2. The largest absolute Gasteiger partial charge is 0.495 e. The quantitative estimate of drug-likeness (QED) is 0.613. The van der Waals surface area contributed by atoms with Gasteiger partial charge in [0, 0.05) is 23.4 Å². The van der Waals surface area contributed by atoms with Gasteiger partial charge in [0.15, 0.2) is 0 Å². The molecule has 0 spiro atoms. The molecule has 172 valence electrons. The van der Waals surface area contributed by atoms with Crippen molar-refractivity contribution in [2.45, 2.75) is 85.2 Å². The molecular weight excluding hydrogens is 423 g/mol. The van der Waals surface area contributed by atoms with Crippen molar-refractivity contribution in [3.8, 4) is 10.6 Å². The molecule has 2 aromatic rings. The van der Waals surface area contributed by atoms with Crippen molar-refractivity contribution in [1.82, 2.24) is 9.88 Å². The maximum atomic E-state index is 12.5. The van der Waals surface area contributed by atoms with Gasteiger partial charge in [0.25, 0.3) is 0 Å². The molecule has 32 heavy (non-hydrogen) atoms. The van der Waals surface area contributed by atoms with Gasteiger partial charge >= 0.3 is 13.2 Å². The smallest absolute Gasteiger partial charge is 0.444 e. The predicted octanol–water partition coefficient (Wildman–Crippen LogP) is 4.71. The number of thiazole rings is 1. The van der Waals surface area contributed by atoms with E-state index in [1.807, 2.05) is 26.8 Å². The van der Waals surface area contributed by atoms with E-state index in [0.717, 1.165) is 38.6 Å². The number of fused-ring (bicyclic) bond motifs is 1. The van der Waals surface area contributed by atoms with Crippen LogP contribution in [0, 0.1) is 6.92 Å². The minimum Gasteiger partial charge on any atom is -0.444 e. The van der Waals surface area contributed by atoms with Crippen LogP contribution >= 0.6 is 11.3 Å². The molecule has 6 nitrogen and oxygen atoms in total. The fourth-order valence-electron chi connectivity index (χ4n) is 3.90. The predicted molar refractivity (Wildman–Crippen MR) is 128 cm³/mol. The Morgan fingerprint density at radius 1 is 1.19 bits per heavy atom. The zero-order valence-electron chi connectivity index (χ0n) is 20.4. The monoisotopic (exact) mass is 456 g/mol. The number of nitrogens with zero attached hydrogens (tertiary/aromatic N) is 2. The fourth-order valence-corrected chi connectivity index (χ4v) is 5.11. The summed E-state index contributed by atoms with van der Waals surface area (Å²) in [6, 6.07) is 6.20. The Hall–Kier alpha value is -1.90. The fraction of sp³-hybridized carbons (Fsp3) is 0.583. The van der Waals surface area contributed by atoms with Crippen LogP contribution in [0.15, 0.2) is 18.2 Å². The number of carbonyl (C=O) groups excluding carboxylic acids is 1. The maximum Gasteiger partial charge on any atom is 0.495 e. The minimum atomic E-state index is -0.499. The molecule has 0 atom stereocenters. The second-order valence-electron chi connectivity index (χ2n) is 10.6. The van der Waals surface area contributed by atoms with E-state index < -0.39 is 12.7 Å². The Labute approximate surface area is 195 Å². The van der Waals surface area contributed by atoms with Crippen LogP contribution in [0.25, 0.3) is 10.6 Å². The zero-order chi connectivity index (χ0) is 23.5. The van der Waals surface area contributed by atoms with Gasteiger partial charge in [-0.2, -0.15) is 0 Å². The van der Waals surface area contributed by atoms with E-state index in [4.69, 9.17) is 19.0 Å². The summed E-state index contributed by atoms with van der Waals surface area (Å²) in [7, 11) is -0.405. The first-order chi connectivity index (χ1) is 14.8. The van der Waals surface area contributed by atoms with Crippen molar-refractivity contribution in [3.05, 3.63) is 34.3 Å². The molecular formula is C24H33BN2O4S. The summed E-state index contributed by atoms with van der Waals surface area (Å²) in [5, 5.41) is 0.969. The van der Waals surface area contributed by atoms with Gasteiger partial charge in [0.05, 0.1) is 23.4 Å². The summed E-state index contributed by atoms with van der Waals surface area (Å²) in [5.41, 5.74) is 3.04. The van der Waals surface area contributed by atoms with Gasteiger partial charge in [-0.15, -0.1) is 11.3 Å². The summed E-state index contributed by atoms with van der Waals surface area (Å²) in [6.07, 6.45) is 0.471. The minimum absolute atomic E-state index is 0.267. The van der Waals surface area contributed by atoms with Gasteiger partial charge in [-0.25, -0.2) is 9.78 Å². The topological polar surface area (TPSA) is 60.9 Å². The molecule has 2 aliphatic rings. The van der Waals surface area contributed by atoms with Gasteiger partial charge in [-0.05, 0) is 66.4 Å². The molecule has 0 saturated carbocycles. The van der Waals surface area contributed by atoms with Gasteiger partial charge in [0.1, 0.15) is 10.6 Å². The number of amides is 1. The van der Waals surface area contributed by atoms with E-state index in [1.54, 1.807) is 16.2 Å². The number of hydrogen-bond donors (Lipinski definition) is 0. The van der Waals surface area contributed by atoms with Crippen molar-refractivity contribution in [2.24, 2.45) is 0 Å². The van der Waals surface area contributed by atoms with Crippen molar-refractivity contribution in [3.63, 3.8) is 0 Å². The Morgan fingerprint density at radius 2 is 1.84 bits per heavy atom. The number of aromatic nitrogens is 1. The van der Waals surface area contributed by atoms with E-state index in [0.29, 0.717) is 13.1 Å². The summed E-state index contributed by atoms with van der Waals surface area (Å²) < 4.78 is 18.1. The first-order valence-electron chi connectivity index (χ1n) is 11.2. The van der Waals surface area contributed by atoms with Gasteiger partial charge in [-0.3, -0.25) is 0 Å². The molecule has 1 amide bonds. The normalized spacial score (nSPS) is 19.8. The highest BCUT2D eigenvalue weighted by Gasteiger charge is 2.52. The standard InChI is InChI=1S/C24H33BN2O4S/c1-15-16(10-9-11-17(15)25-30-23(5,6)24(7,8)31-25)20-26-18-12-13-27(14-19(18)32-20)21(28)29-22(2,3)4/h9-11H,12-14H2,1-8H3. The number of rotatable bonds is 2. The van der Waals surface area contributed by atoms with Gasteiger partial charge < -0.3 is 18.9 Å². The van der Waals surface area contributed by atoms with Crippen molar-refractivity contribution in [1.29, 1.82) is 0 Å². The van der Waals surface area contributed by atoms with E-state index in [2.05, 4.69) is 46.8 Å². The lowest BCUT2D eigenvalue weighted by Gasteiger charge is -2.32. The molecule has 0 radical (unpaired) electrons. The van der Waals surface area contributed by atoms with Crippen LogP contribution in [-0.4, -0.2) is 46.4 Å². The Bertz CT molecular complexity index is 1030. The van der Waals surface area contributed by atoms with Crippen LogP contribution in [-0.2, 0) is 27.0 Å². The lowest BCUT2D eigenvalue weighted by molar-refractivity contribution is 0.00578. The number of ether oxygens (including phenoxy) is 1. The van der Waals surface area contributed by atoms with Gasteiger partial charge in [-0.1, -0.05) is 18.2 Å². The summed E-state index contributed by atoms with van der Waals surface area (Å²) in [5.74, 6) is 0. The third kappa shape index (κ3) is 4.32. The summed E-state index contributed by atoms with van der Waals surface area (Å²) in [4.78, 5) is 20.3. The average Bonchev–Trinajstić information content (AvgIpc) is 3.17. The zero-order valence-corrected chi connectivity index (χ0v) is 21.2. The third-order valence-electron chi connectivity index (χ3n) is 6.50. The molecule has 1 aromatic carbocycles. The van der Waals surface area contributed by atoms with Gasteiger partial charge in [0.2, 0.25) is 0 Å². The lowest BCUT2D eigenvalue weighted by Crippen LogP contribution is -2.41. The first kappa shape index (κ1) is 23.3. The number of carbonyl (C=O) groups is 1. The lowest BCUT2D eigenvalue weighted by atomic mass is 9.75. The highest BCUT2D eigenvalue weighted by atomic mass is 32.1. The van der Waals surface area contributed by atoms with E-state index in [9.17, 15) is 4.79 Å². The van der Waals surface area contributed by atoms with E-state index in [-0.39, 0.29) is 17.3 Å².